The van der Waals surface area contributed by atoms with Gasteiger partial charge in [0, 0.05) is 11.8 Å². The summed E-state index contributed by atoms with van der Waals surface area (Å²) < 4.78 is 5.21. The average molecular weight is 328 g/mol. The predicted octanol–water partition coefficient (Wildman–Crippen LogP) is 1.86. The third-order valence-electron chi connectivity index (χ3n) is 3.87. The van der Waals surface area contributed by atoms with Gasteiger partial charge < -0.3 is 25.6 Å². The van der Waals surface area contributed by atoms with Gasteiger partial charge in [0.05, 0.1) is 34.9 Å². The highest BCUT2D eigenvalue weighted by Gasteiger charge is 2.17. The van der Waals surface area contributed by atoms with E-state index in [1.165, 1.54) is 4.90 Å². The molecule has 0 aliphatic rings. The number of ether oxygens (including phenoxy) is 1. The van der Waals surface area contributed by atoms with Gasteiger partial charge in [-0.05, 0) is 38.1 Å². The van der Waals surface area contributed by atoms with E-state index < -0.39 is 12.5 Å². The maximum atomic E-state index is 9.87. The van der Waals surface area contributed by atoms with Crippen molar-refractivity contribution in [1.82, 2.24) is 9.97 Å². The Morgan fingerprint density at radius 1 is 0.958 bits per heavy atom. The first-order chi connectivity index (χ1) is 11.4. The van der Waals surface area contributed by atoms with Gasteiger partial charge in [-0.15, -0.1) is 0 Å². The van der Waals surface area contributed by atoms with Crippen LogP contribution in [-0.2, 0) is 0 Å². The number of aliphatic hydroxyl groups is 2. The Bertz CT molecular complexity index is 888. The van der Waals surface area contributed by atoms with Crippen LogP contribution in [-0.4, -0.2) is 39.7 Å². The van der Waals surface area contributed by atoms with E-state index in [9.17, 15) is 10.2 Å². The third kappa shape index (κ3) is 2.79. The number of nitrogen functional groups attached to an aromatic ring is 1. The molecule has 1 aromatic heterocycles. The molecular formula is C17H20N4O3. The topological polar surface area (TPSA) is 105 Å². The van der Waals surface area contributed by atoms with Crippen molar-refractivity contribution in [2.45, 2.75) is 26.3 Å². The van der Waals surface area contributed by atoms with Crippen LogP contribution in [0.1, 0.15) is 13.8 Å². The van der Waals surface area contributed by atoms with Crippen molar-refractivity contribution in [3.63, 3.8) is 0 Å². The predicted molar refractivity (Wildman–Crippen MR) is 93.8 cm³/mol. The number of methoxy groups -OCH3 is 1. The maximum Gasteiger partial charge on any atom is 0.144 e. The zero-order chi connectivity index (χ0) is 17.4. The van der Waals surface area contributed by atoms with Crippen LogP contribution in [0.15, 0.2) is 30.3 Å². The second-order valence-corrected chi connectivity index (χ2v) is 5.65. The first-order valence-electron chi connectivity index (χ1n) is 7.60. The molecule has 1 heterocycles. The van der Waals surface area contributed by atoms with E-state index in [4.69, 9.17) is 10.5 Å². The molecule has 24 heavy (non-hydrogen) atoms. The van der Waals surface area contributed by atoms with Gasteiger partial charge in [-0.1, -0.05) is 0 Å². The minimum absolute atomic E-state index is 0.490. The van der Waals surface area contributed by atoms with Gasteiger partial charge >= 0.3 is 0 Å². The highest BCUT2D eigenvalue weighted by atomic mass is 16.5. The van der Waals surface area contributed by atoms with E-state index in [2.05, 4.69) is 9.97 Å². The monoisotopic (exact) mass is 328 g/mol. The number of nitrogens with two attached hydrogens (primary N) is 1. The van der Waals surface area contributed by atoms with Gasteiger partial charge in [-0.2, -0.15) is 0 Å². The lowest BCUT2D eigenvalue weighted by Crippen LogP contribution is -2.40. The van der Waals surface area contributed by atoms with Crippen molar-refractivity contribution in [1.29, 1.82) is 0 Å². The molecule has 0 radical (unpaired) electrons. The molecule has 0 aliphatic heterocycles. The number of benzene rings is 2. The molecule has 0 fully saturated rings. The molecular weight excluding hydrogens is 308 g/mol. The fourth-order valence-electron chi connectivity index (χ4n) is 2.79. The van der Waals surface area contributed by atoms with Gasteiger partial charge in [-0.25, -0.2) is 9.97 Å². The van der Waals surface area contributed by atoms with Crippen LogP contribution in [0, 0.1) is 0 Å². The molecule has 2 aromatic carbocycles. The van der Waals surface area contributed by atoms with Gasteiger partial charge in [0.15, 0.2) is 0 Å². The number of aromatic nitrogens is 2. The maximum absolute atomic E-state index is 9.87. The quantitative estimate of drug-likeness (QED) is 0.381. The van der Waals surface area contributed by atoms with Crippen LogP contribution < -0.4 is 15.4 Å². The Hall–Kier alpha value is -2.64. The Morgan fingerprint density at radius 2 is 1.54 bits per heavy atom. The highest BCUT2D eigenvalue weighted by molar-refractivity contribution is 5.90. The minimum atomic E-state index is -0.837. The van der Waals surface area contributed by atoms with E-state index in [0.29, 0.717) is 39.2 Å². The molecule has 3 rings (SSSR count). The summed E-state index contributed by atoms with van der Waals surface area (Å²) in [5, 5.41) is 19.7. The second-order valence-electron chi connectivity index (χ2n) is 5.65. The average Bonchev–Trinajstić information content (AvgIpc) is 2.51. The largest absolute Gasteiger partial charge is 0.495 e. The number of hydrogen-bond donors (Lipinski definition) is 3. The summed E-state index contributed by atoms with van der Waals surface area (Å²) in [6.07, 6.45) is -1.67. The van der Waals surface area contributed by atoms with Crippen LogP contribution in [0.25, 0.3) is 22.1 Å². The standard InChI is InChI=1S/C17H20N4O3/c1-9(22)21(10(2)23)11-4-5-13-14(6-11)20-15-7-12(18)17(24-3)8-16(15)19-13/h4-10,22-23H,18H2,1-3H3. The lowest BCUT2D eigenvalue weighted by Gasteiger charge is -2.30. The van der Waals surface area contributed by atoms with Gasteiger partial charge in [0.1, 0.15) is 18.2 Å². The summed E-state index contributed by atoms with van der Waals surface area (Å²) in [5.41, 5.74) is 9.76. The Morgan fingerprint density at radius 3 is 2.17 bits per heavy atom. The zero-order valence-electron chi connectivity index (χ0n) is 13.8. The number of nitrogens with zero attached hydrogens (tertiary/aromatic N) is 3. The molecule has 2 unspecified atom stereocenters. The summed E-state index contributed by atoms with van der Waals surface area (Å²) in [7, 11) is 1.55. The van der Waals surface area contributed by atoms with Gasteiger partial charge in [0.2, 0.25) is 0 Å². The fourth-order valence-corrected chi connectivity index (χ4v) is 2.79. The van der Waals surface area contributed by atoms with Crippen molar-refractivity contribution >= 4 is 33.4 Å². The molecule has 0 saturated carbocycles. The van der Waals surface area contributed by atoms with Gasteiger partial charge in [-0.3, -0.25) is 0 Å². The fraction of sp³-hybridized carbons (Fsp3) is 0.294. The number of fused-ring (bicyclic) bond motifs is 2. The molecule has 7 nitrogen and oxygen atoms in total. The molecule has 0 spiro atoms. The SMILES string of the molecule is COc1cc2nc3ccc(N(C(C)O)C(C)O)cc3nc2cc1N. The molecule has 0 aliphatic carbocycles. The Kier molecular flexibility index (Phi) is 4.13. The van der Waals surface area contributed by atoms with Gasteiger partial charge in [0.25, 0.3) is 0 Å². The van der Waals surface area contributed by atoms with E-state index in [-0.39, 0.29) is 0 Å². The molecule has 4 N–H and O–H groups in total. The summed E-state index contributed by atoms with van der Waals surface area (Å²) in [6, 6.07) is 8.84. The summed E-state index contributed by atoms with van der Waals surface area (Å²) in [4.78, 5) is 10.6. The molecule has 3 aromatic rings. The lowest BCUT2D eigenvalue weighted by atomic mass is 10.2. The zero-order valence-corrected chi connectivity index (χ0v) is 13.8. The van der Waals surface area contributed by atoms with Crippen molar-refractivity contribution in [2.75, 3.05) is 17.7 Å². The van der Waals surface area contributed by atoms with Crippen molar-refractivity contribution < 1.29 is 14.9 Å². The number of rotatable bonds is 4. The number of aliphatic hydroxyl groups excluding tert-OH is 2. The van der Waals surface area contributed by atoms with Crippen LogP contribution in [0.5, 0.6) is 5.75 Å². The Balaban J connectivity index is 2.17. The molecule has 0 saturated heterocycles. The first-order valence-corrected chi connectivity index (χ1v) is 7.60. The smallest absolute Gasteiger partial charge is 0.144 e. The lowest BCUT2D eigenvalue weighted by molar-refractivity contribution is 0.105. The molecule has 2 atom stereocenters. The highest BCUT2D eigenvalue weighted by Crippen LogP contribution is 2.29. The summed E-state index contributed by atoms with van der Waals surface area (Å²) in [5.74, 6) is 0.558. The van der Waals surface area contributed by atoms with Crippen LogP contribution in [0.4, 0.5) is 11.4 Å². The van der Waals surface area contributed by atoms with Crippen molar-refractivity contribution in [2.24, 2.45) is 0 Å². The molecule has 0 amide bonds. The van der Waals surface area contributed by atoms with Crippen LogP contribution in [0.3, 0.4) is 0 Å². The van der Waals surface area contributed by atoms with E-state index in [1.54, 1.807) is 51.3 Å². The molecule has 0 bridgehead atoms. The van der Waals surface area contributed by atoms with E-state index in [1.807, 2.05) is 0 Å². The van der Waals surface area contributed by atoms with Crippen LogP contribution in [0.2, 0.25) is 0 Å². The van der Waals surface area contributed by atoms with Crippen molar-refractivity contribution in [3.05, 3.63) is 30.3 Å². The van der Waals surface area contributed by atoms with E-state index in [0.717, 1.165) is 0 Å². The normalized spacial score (nSPS) is 13.9. The van der Waals surface area contributed by atoms with E-state index >= 15 is 0 Å². The van der Waals surface area contributed by atoms with Crippen molar-refractivity contribution in [3.8, 4) is 5.75 Å². The minimum Gasteiger partial charge on any atom is -0.495 e. The number of anilines is 2. The van der Waals surface area contributed by atoms with Crippen LogP contribution >= 0.6 is 0 Å². The summed E-state index contributed by atoms with van der Waals surface area (Å²) >= 11 is 0. The number of hydrogen-bond acceptors (Lipinski definition) is 7. The molecule has 7 heteroatoms. The second kappa shape index (κ2) is 6.10. The summed E-state index contributed by atoms with van der Waals surface area (Å²) in [6.45, 7) is 3.19. The third-order valence-corrected chi connectivity index (χ3v) is 3.87. The molecule has 126 valence electrons. The Labute approximate surface area is 139 Å². The first kappa shape index (κ1) is 16.2.